The molecule has 0 spiro atoms. The standard InChI is InChI=1S/C13H23NO6/c1-14(2,3)9-13(20,8-12(18)19)10(15)6-4-5-7-11(16)17/h20H,4-9H2,1-3H3,(H-,16,17,18,19). The van der Waals surface area contributed by atoms with Gasteiger partial charge in [-0.3, -0.25) is 9.59 Å². The van der Waals surface area contributed by atoms with E-state index < -0.39 is 29.7 Å². The van der Waals surface area contributed by atoms with Gasteiger partial charge in [-0.25, -0.2) is 0 Å². The zero-order valence-electron chi connectivity index (χ0n) is 12.2. The molecule has 0 fully saturated rings. The maximum atomic E-state index is 12.0. The van der Waals surface area contributed by atoms with Crippen molar-refractivity contribution in [1.29, 1.82) is 0 Å². The first-order chi connectivity index (χ1) is 8.96. The molecule has 0 aromatic heterocycles. The van der Waals surface area contributed by atoms with E-state index in [0.717, 1.165) is 0 Å². The van der Waals surface area contributed by atoms with Crippen LogP contribution >= 0.6 is 0 Å². The third kappa shape index (κ3) is 7.85. The molecular formula is C13H23NO6. The van der Waals surface area contributed by atoms with E-state index in [1.807, 2.05) is 0 Å². The second-order valence-electron chi connectivity index (χ2n) is 6.05. The second-order valence-corrected chi connectivity index (χ2v) is 6.05. The summed E-state index contributed by atoms with van der Waals surface area (Å²) in [6, 6.07) is 0. The molecule has 116 valence electrons. The quantitative estimate of drug-likeness (QED) is 0.385. The van der Waals surface area contributed by atoms with Gasteiger partial charge < -0.3 is 24.6 Å². The van der Waals surface area contributed by atoms with E-state index in [1.54, 1.807) is 21.1 Å². The number of carbonyl (C=O) groups excluding carboxylic acids is 2. The summed E-state index contributed by atoms with van der Waals surface area (Å²) in [6.45, 7) is -0.0429. The topological polar surface area (TPSA) is 115 Å². The van der Waals surface area contributed by atoms with Crippen LogP contribution in [0.5, 0.6) is 0 Å². The van der Waals surface area contributed by atoms with Gasteiger partial charge in [0.15, 0.2) is 11.4 Å². The van der Waals surface area contributed by atoms with Gasteiger partial charge in [0, 0.05) is 25.2 Å². The number of aliphatic carboxylic acids is 2. The van der Waals surface area contributed by atoms with Gasteiger partial charge in [0.1, 0.15) is 6.54 Å². The molecule has 0 rings (SSSR count). The average Bonchev–Trinajstić information content (AvgIpc) is 2.19. The van der Waals surface area contributed by atoms with Crippen LogP contribution in [0.25, 0.3) is 0 Å². The number of carbonyl (C=O) groups is 3. The van der Waals surface area contributed by atoms with E-state index in [1.165, 1.54) is 0 Å². The molecule has 0 bridgehead atoms. The number of quaternary nitrogens is 1. The molecule has 0 saturated carbocycles. The van der Waals surface area contributed by atoms with Crippen LogP contribution in [0.1, 0.15) is 32.1 Å². The minimum atomic E-state index is -1.97. The van der Waals surface area contributed by atoms with Gasteiger partial charge in [-0.1, -0.05) is 0 Å². The Morgan fingerprint density at radius 2 is 1.60 bits per heavy atom. The molecule has 1 unspecified atom stereocenters. The number of unbranched alkanes of at least 4 members (excludes halogenated alkanes) is 1. The van der Waals surface area contributed by atoms with Crippen molar-refractivity contribution in [1.82, 2.24) is 0 Å². The molecule has 20 heavy (non-hydrogen) atoms. The van der Waals surface area contributed by atoms with Gasteiger partial charge in [0.2, 0.25) is 0 Å². The number of aliphatic hydroxyl groups is 1. The van der Waals surface area contributed by atoms with E-state index in [2.05, 4.69) is 0 Å². The fourth-order valence-corrected chi connectivity index (χ4v) is 2.06. The highest BCUT2D eigenvalue weighted by atomic mass is 16.4. The molecule has 0 aromatic rings. The first-order valence-corrected chi connectivity index (χ1v) is 6.44. The largest absolute Gasteiger partial charge is 0.550 e. The third-order valence-corrected chi connectivity index (χ3v) is 2.74. The third-order valence-electron chi connectivity index (χ3n) is 2.74. The summed E-state index contributed by atoms with van der Waals surface area (Å²) in [5.41, 5.74) is -1.97. The number of ketones is 1. The van der Waals surface area contributed by atoms with Crippen molar-refractivity contribution in [3.05, 3.63) is 0 Å². The molecule has 0 aliphatic rings. The van der Waals surface area contributed by atoms with Gasteiger partial charge in [-0.15, -0.1) is 0 Å². The highest BCUT2D eigenvalue weighted by Gasteiger charge is 2.40. The Morgan fingerprint density at radius 3 is 2.00 bits per heavy atom. The smallest absolute Gasteiger partial charge is 0.303 e. The number of carboxylic acids is 2. The summed E-state index contributed by atoms with van der Waals surface area (Å²) in [5.74, 6) is -3.02. The van der Waals surface area contributed by atoms with E-state index in [4.69, 9.17) is 5.11 Å². The fourth-order valence-electron chi connectivity index (χ4n) is 2.06. The Labute approximate surface area is 118 Å². The lowest BCUT2D eigenvalue weighted by atomic mass is 9.89. The molecule has 0 saturated heterocycles. The number of nitrogens with zero attached hydrogens (tertiary/aromatic N) is 1. The molecule has 0 amide bonds. The number of rotatable bonds is 10. The first-order valence-electron chi connectivity index (χ1n) is 6.44. The predicted molar refractivity (Wildman–Crippen MR) is 68.6 cm³/mol. The van der Waals surface area contributed by atoms with Gasteiger partial charge in [0.05, 0.1) is 21.1 Å². The molecule has 0 aliphatic carbocycles. The van der Waals surface area contributed by atoms with Crippen molar-refractivity contribution < 1.29 is 34.2 Å². The minimum absolute atomic E-state index is 0.0429. The summed E-state index contributed by atoms with van der Waals surface area (Å²) in [4.78, 5) is 33.1. The minimum Gasteiger partial charge on any atom is -0.550 e. The lowest BCUT2D eigenvalue weighted by Gasteiger charge is -2.34. The molecule has 0 aromatic carbocycles. The number of likely N-dealkylation sites (N-methyl/N-ethyl adjacent to an activating group) is 1. The lowest BCUT2D eigenvalue weighted by Crippen LogP contribution is -2.56. The number of hydrogen-bond donors (Lipinski definition) is 2. The fraction of sp³-hybridized carbons (Fsp3) is 0.769. The predicted octanol–water partition coefficient (Wildman–Crippen LogP) is -1.22. The summed E-state index contributed by atoms with van der Waals surface area (Å²) in [7, 11) is 5.20. The summed E-state index contributed by atoms with van der Waals surface area (Å²) < 4.78 is 0.227. The van der Waals surface area contributed by atoms with E-state index >= 15 is 0 Å². The Hall–Kier alpha value is -1.47. The molecular weight excluding hydrogens is 266 g/mol. The van der Waals surface area contributed by atoms with Gasteiger partial charge >= 0.3 is 5.97 Å². The number of hydrogen-bond acceptors (Lipinski definition) is 5. The highest BCUT2D eigenvalue weighted by molar-refractivity contribution is 5.90. The van der Waals surface area contributed by atoms with Gasteiger partial charge in [0.25, 0.3) is 0 Å². The summed E-state index contributed by atoms with van der Waals surface area (Å²) >= 11 is 0. The van der Waals surface area contributed by atoms with Crippen molar-refractivity contribution in [2.75, 3.05) is 27.7 Å². The van der Waals surface area contributed by atoms with E-state index in [9.17, 15) is 24.6 Å². The van der Waals surface area contributed by atoms with Crippen molar-refractivity contribution >= 4 is 17.7 Å². The second kappa shape index (κ2) is 7.35. The van der Waals surface area contributed by atoms with Crippen LogP contribution in [0.4, 0.5) is 0 Å². The van der Waals surface area contributed by atoms with E-state index in [-0.39, 0.29) is 23.9 Å². The molecule has 7 nitrogen and oxygen atoms in total. The van der Waals surface area contributed by atoms with Gasteiger partial charge in [-0.05, 0) is 12.8 Å². The zero-order valence-corrected chi connectivity index (χ0v) is 12.2. The van der Waals surface area contributed by atoms with Crippen LogP contribution in [-0.4, -0.2) is 65.7 Å². The Morgan fingerprint density at radius 1 is 1.10 bits per heavy atom. The summed E-state index contributed by atoms with van der Waals surface area (Å²) in [6.07, 6.45) is -0.233. The lowest BCUT2D eigenvalue weighted by molar-refractivity contribution is -0.875. The summed E-state index contributed by atoms with van der Waals surface area (Å²) in [5, 5.41) is 29.5. The molecule has 2 N–H and O–H groups in total. The Kier molecular flexibility index (Phi) is 6.81. The van der Waals surface area contributed by atoms with Crippen molar-refractivity contribution in [3.8, 4) is 0 Å². The maximum Gasteiger partial charge on any atom is 0.303 e. The monoisotopic (exact) mass is 289 g/mol. The zero-order chi connectivity index (χ0) is 16.0. The first kappa shape index (κ1) is 18.5. The normalized spacial score (nSPS) is 14.6. The molecule has 1 atom stereocenters. The Balaban J connectivity index is 4.64. The SMILES string of the molecule is C[N+](C)(C)CC(O)(CC(=O)[O-])C(=O)CCCCC(=O)O. The molecule has 7 heteroatoms. The van der Waals surface area contributed by atoms with Gasteiger partial charge in [-0.2, -0.15) is 0 Å². The van der Waals surface area contributed by atoms with Crippen molar-refractivity contribution in [2.45, 2.75) is 37.7 Å². The van der Waals surface area contributed by atoms with E-state index in [0.29, 0.717) is 12.8 Å². The highest BCUT2D eigenvalue weighted by Crippen LogP contribution is 2.19. The van der Waals surface area contributed by atoms with Crippen LogP contribution in [0, 0.1) is 0 Å². The number of Topliss-reactive ketones (excluding diaryl/α,β-unsaturated/α-hetero) is 1. The van der Waals surface area contributed by atoms with Crippen LogP contribution in [0.15, 0.2) is 0 Å². The van der Waals surface area contributed by atoms with Crippen molar-refractivity contribution in [3.63, 3.8) is 0 Å². The maximum absolute atomic E-state index is 12.0. The Bertz CT molecular complexity index is 374. The van der Waals surface area contributed by atoms with Crippen molar-refractivity contribution in [2.24, 2.45) is 0 Å². The molecule has 0 radical (unpaired) electrons. The average molecular weight is 289 g/mol. The number of carboxylic acid groups (broad SMARTS) is 2. The molecule has 0 heterocycles. The van der Waals surface area contributed by atoms with Crippen LogP contribution < -0.4 is 5.11 Å². The van der Waals surface area contributed by atoms with Crippen LogP contribution in [0.3, 0.4) is 0 Å². The van der Waals surface area contributed by atoms with Crippen LogP contribution in [-0.2, 0) is 14.4 Å². The van der Waals surface area contributed by atoms with Crippen LogP contribution in [0.2, 0.25) is 0 Å². The molecule has 0 aliphatic heterocycles.